The van der Waals surface area contributed by atoms with Crippen LogP contribution in [0.1, 0.15) is 5.56 Å². The van der Waals surface area contributed by atoms with Crippen LogP contribution in [0.25, 0.3) is 0 Å². The van der Waals surface area contributed by atoms with Crippen LogP contribution in [0.3, 0.4) is 0 Å². The molecule has 0 aromatic heterocycles. The van der Waals surface area contributed by atoms with Crippen LogP contribution < -0.4 is 11.1 Å². The molecule has 84 valence electrons. The van der Waals surface area contributed by atoms with Gasteiger partial charge in [-0.25, -0.2) is 4.99 Å². The topological polar surface area (TPSA) is 62.8 Å². The highest BCUT2D eigenvalue weighted by Crippen LogP contribution is 2.19. The third-order valence-corrected chi connectivity index (χ3v) is 2.51. The Hall–Kier alpha value is -1.55. The van der Waals surface area contributed by atoms with Crippen LogP contribution in [-0.4, -0.2) is 30.6 Å². The van der Waals surface area contributed by atoms with Crippen molar-refractivity contribution in [2.45, 2.75) is 0 Å². The van der Waals surface area contributed by atoms with Gasteiger partial charge in [-0.2, -0.15) is 0 Å². The van der Waals surface area contributed by atoms with Gasteiger partial charge in [0.2, 0.25) is 0 Å². The van der Waals surface area contributed by atoms with Crippen LogP contribution >= 0.6 is 11.6 Å². The number of halogens is 1. The zero-order valence-electron chi connectivity index (χ0n) is 8.78. The molecular formula is C11H13ClN4. The fourth-order valence-electron chi connectivity index (χ4n) is 1.53. The molecule has 0 aliphatic carbocycles. The third-order valence-electron chi connectivity index (χ3n) is 2.23. The number of nitrogens with one attached hydrogen (secondary N) is 1. The van der Waals surface area contributed by atoms with Crippen molar-refractivity contribution >= 4 is 29.0 Å². The zero-order chi connectivity index (χ0) is 11.4. The average molecular weight is 237 g/mol. The molecule has 0 amide bonds. The van der Waals surface area contributed by atoms with Crippen LogP contribution in [-0.2, 0) is 0 Å². The van der Waals surface area contributed by atoms with E-state index in [0.717, 1.165) is 30.2 Å². The molecule has 1 aliphatic heterocycles. The molecule has 4 nitrogen and oxygen atoms in total. The summed E-state index contributed by atoms with van der Waals surface area (Å²) in [6.45, 7) is 1.68. The van der Waals surface area contributed by atoms with Gasteiger partial charge in [0.1, 0.15) is 11.7 Å². The Balaban J connectivity index is 2.38. The molecule has 16 heavy (non-hydrogen) atoms. The van der Waals surface area contributed by atoms with Gasteiger partial charge < -0.3 is 11.1 Å². The Labute approximate surface area is 99.2 Å². The Kier molecular flexibility index (Phi) is 3.41. The van der Waals surface area contributed by atoms with E-state index in [1.54, 1.807) is 0 Å². The lowest BCUT2D eigenvalue weighted by molar-refractivity contribution is 0.960. The van der Waals surface area contributed by atoms with Crippen molar-refractivity contribution < 1.29 is 0 Å². The summed E-state index contributed by atoms with van der Waals surface area (Å²) >= 11 is 5.61. The number of hydrogen-bond donors (Lipinski definition) is 2. The highest BCUT2D eigenvalue weighted by Gasteiger charge is 2.11. The van der Waals surface area contributed by atoms with Gasteiger partial charge in [-0.05, 0) is 12.1 Å². The molecule has 0 spiro atoms. The lowest BCUT2D eigenvalue weighted by atomic mass is 10.1. The first-order valence-corrected chi connectivity index (χ1v) is 5.61. The molecule has 0 unspecified atom stereocenters. The smallest absolute Gasteiger partial charge is 0.130 e. The van der Waals surface area contributed by atoms with Gasteiger partial charge in [-0.15, -0.1) is 11.6 Å². The van der Waals surface area contributed by atoms with E-state index >= 15 is 0 Å². The highest BCUT2D eigenvalue weighted by atomic mass is 35.5. The first-order valence-electron chi connectivity index (χ1n) is 5.08. The van der Waals surface area contributed by atoms with Crippen LogP contribution in [0, 0.1) is 0 Å². The molecule has 0 atom stereocenters. The van der Waals surface area contributed by atoms with Gasteiger partial charge in [-0.3, -0.25) is 4.99 Å². The Morgan fingerprint density at radius 2 is 2.31 bits per heavy atom. The van der Waals surface area contributed by atoms with Crippen molar-refractivity contribution in [2.24, 2.45) is 15.7 Å². The minimum Gasteiger partial charge on any atom is -0.386 e. The molecule has 0 saturated carbocycles. The second-order valence-electron chi connectivity index (χ2n) is 3.41. The van der Waals surface area contributed by atoms with Crippen molar-refractivity contribution in [1.29, 1.82) is 0 Å². The predicted octanol–water partition coefficient (Wildman–Crippen LogP) is 1.26. The van der Waals surface area contributed by atoms with Gasteiger partial charge in [0, 0.05) is 12.1 Å². The summed E-state index contributed by atoms with van der Waals surface area (Å²) in [5.41, 5.74) is 7.40. The molecule has 0 fully saturated rings. The summed E-state index contributed by atoms with van der Waals surface area (Å²) in [5, 5.41) is 3.21. The van der Waals surface area contributed by atoms with E-state index in [4.69, 9.17) is 17.3 Å². The zero-order valence-corrected chi connectivity index (χ0v) is 9.54. The number of nitrogens with zero attached hydrogens (tertiary/aromatic N) is 2. The predicted molar refractivity (Wildman–Crippen MR) is 67.9 cm³/mol. The summed E-state index contributed by atoms with van der Waals surface area (Å²) < 4.78 is 0. The molecule has 1 heterocycles. The quantitative estimate of drug-likeness (QED) is 0.472. The minimum absolute atomic E-state index is 0.230. The fourth-order valence-corrected chi connectivity index (χ4v) is 1.59. The van der Waals surface area contributed by atoms with Gasteiger partial charge in [-0.1, -0.05) is 12.1 Å². The average Bonchev–Trinajstić information content (AvgIpc) is 2.83. The van der Waals surface area contributed by atoms with Gasteiger partial charge in [0.05, 0.1) is 18.1 Å². The van der Waals surface area contributed by atoms with E-state index in [1.807, 2.05) is 24.3 Å². The molecule has 1 aromatic rings. The molecule has 0 bridgehead atoms. The summed E-state index contributed by atoms with van der Waals surface area (Å²) in [5.74, 6) is 1.52. The van der Waals surface area contributed by atoms with E-state index in [1.165, 1.54) is 0 Å². The van der Waals surface area contributed by atoms with Crippen molar-refractivity contribution in [3.63, 3.8) is 0 Å². The van der Waals surface area contributed by atoms with E-state index < -0.39 is 0 Å². The van der Waals surface area contributed by atoms with E-state index in [2.05, 4.69) is 15.3 Å². The minimum atomic E-state index is 0.230. The van der Waals surface area contributed by atoms with E-state index in [9.17, 15) is 0 Å². The SMILES string of the molecule is NC(CCl)=Nc1ccccc1C1=NCCN1. The van der Waals surface area contributed by atoms with Crippen molar-refractivity contribution in [3.05, 3.63) is 29.8 Å². The maximum Gasteiger partial charge on any atom is 0.130 e. The maximum absolute atomic E-state index is 5.63. The summed E-state index contributed by atoms with van der Waals surface area (Å²) in [6, 6.07) is 7.74. The number of para-hydroxylation sites is 1. The molecule has 3 N–H and O–H groups in total. The summed E-state index contributed by atoms with van der Waals surface area (Å²) in [7, 11) is 0. The van der Waals surface area contributed by atoms with Crippen molar-refractivity contribution in [1.82, 2.24) is 5.32 Å². The molecular weight excluding hydrogens is 224 g/mol. The lowest BCUT2D eigenvalue weighted by Crippen LogP contribution is -2.20. The number of nitrogens with two attached hydrogens (primary N) is 1. The number of benzene rings is 1. The van der Waals surface area contributed by atoms with Gasteiger partial charge in [0.25, 0.3) is 0 Å². The number of aliphatic imine (C=N–C) groups is 2. The molecule has 2 rings (SSSR count). The maximum atomic E-state index is 5.63. The monoisotopic (exact) mass is 236 g/mol. The van der Waals surface area contributed by atoms with E-state index in [0.29, 0.717) is 5.84 Å². The molecule has 1 aliphatic rings. The second kappa shape index (κ2) is 4.99. The Bertz CT molecular complexity index is 439. The largest absolute Gasteiger partial charge is 0.386 e. The first-order chi connectivity index (χ1) is 7.81. The number of hydrogen-bond acceptors (Lipinski definition) is 3. The van der Waals surface area contributed by atoms with Gasteiger partial charge >= 0.3 is 0 Å². The van der Waals surface area contributed by atoms with Crippen LogP contribution in [0.4, 0.5) is 5.69 Å². The summed E-state index contributed by atoms with van der Waals surface area (Å²) in [6.07, 6.45) is 0. The first kappa shape index (κ1) is 11.0. The van der Waals surface area contributed by atoms with E-state index in [-0.39, 0.29) is 5.88 Å². The standard InChI is InChI=1S/C11H13ClN4/c12-7-10(13)16-9-4-2-1-3-8(9)11-14-5-6-15-11/h1-4H,5-7H2,(H2,13,16)(H,14,15). The second-order valence-corrected chi connectivity index (χ2v) is 3.68. The number of rotatable bonds is 3. The third kappa shape index (κ3) is 2.33. The van der Waals surface area contributed by atoms with Crippen molar-refractivity contribution in [2.75, 3.05) is 19.0 Å². The summed E-state index contributed by atoms with van der Waals surface area (Å²) in [4.78, 5) is 8.63. The van der Waals surface area contributed by atoms with Crippen molar-refractivity contribution in [3.8, 4) is 0 Å². The number of alkyl halides is 1. The molecule has 0 saturated heterocycles. The molecule has 5 heteroatoms. The van der Waals surface area contributed by atoms with Gasteiger partial charge in [0.15, 0.2) is 0 Å². The highest BCUT2D eigenvalue weighted by molar-refractivity contribution is 6.28. The van der Waals surface area contributed by atoms with Crippen LogP contribution in [0.15, 0.2) is 34.3 Å². The number of amidine groups is 2. The van der Waals surface area contributed by atoms with Crippen LogP contribution in [0.5, 0.6) is 0 Å². The molecule has 0 radical (unpaired) electrons. The Morgan fingerprint density at radius 1 is 1.50 bits per heavy atom. The lowest BCUT2D eigenvalue weighted by Gasteiger charge is -2.06. The van der Waals surface area contributed by atoms with Crippen LogP contribution in [0.2, 0.25) is 0 Å². The normalized spacial score (nSPS) is 15.8. The fraction of sp³-hybridized carbons (Fsp3) is 0.273. The molecule has 1 aromatic carbocycles. The Morgan fingerprint density at radius 3 is 3.00 bits per heavy atom.